The normalized spacial score (nSPS) is 47.6. The van der Waals surface area contributed by atoms with Crippen molar-refractivity contribution in [2.24, 2.45) is 28.4 Å². The molecule has 1 amide bonds. The Balaban J connectivity index is 1.70. The predicted molar refractivity (Wildman–Crippen MR) is 90.6 cm³/mol. The van der Waals surface area contributed by atoms with E-state index in [1.807, 2.05) is 0 Å². The van der Waals surface area contributed by atoms with Gasteiger partial charge < -0.3 is 5.73 Å². The van der Waals surface area contributed by atoms with Crippen molar-refractivity contribution in [3.63, 3.8) is 0 Å². The lowest BCUT2D eigenvalue weighted by atomic mass is 9.44. The van der Waals surface area contributed by atoms with Gasteiger partial charge in [0, 0.05) is 5.41 Å². The lowest BCUT2D eigenvalue weighted by Crippen LogP contribution is -2.55. The van der Waals surface area contributed by atoms with Crippen LogP contribution in [0.25, 0.3) is 0 Å². The highest BCUT2D eigenvalue weighted by Gasteiger charge is 2.80. The summed E-state index contributed by atoms with van der Waals surface area (Å²) in [6.45, 7) is 2.23. The molecule has 0 radical (unpaired) electrons. The minimum absolute atomic E-state index is 0.0391. The van der Waals surface area contributed by atoms with E-state index in [0.717, 1.165) is 25.7 Å². The molecule has 1 aromatic rings. The van der Waals surface area contributed by atoms with Crippen LogP contribution in [-0.2, 0) is 10.2 Å². The Labute approximate surface area is 138 Å². The zero-order chi connectivity index (χ0) is 15.9. The number of hydrogen-bond acceptors (Lipinski definition) is 1. The molecule has 4 saturated carbocycles. The van der Waals surface area contributed by atoms with E-state index in [2.05, 4.69) is 43.3 Å². The number of hydrogen-bond donors (Lipinski definition) is 1. The fraction of sp³-hybridized carbons (Fsp3) is 0.571. The van der Waals surface area contributed by atoms with Crippen LogP contribution in [-0.4, -0.2) is 5.91 Å². The largest absolute Gasteiger partial charge is 0.369 e. The molecule has 1 spiro atoms. The molecule has 120 valence electrons. The second kappa shape index (κ2) is 4.09. The van der Waals surface area contributed by atoms with Crippen LogP contribution in [0.2, 0.25) is 0 Å². The molecule has 5 rings (SSSR count). The number of carbonyl (C=O) groups excluding carboxylic acids is 1. The molecule has 2 heteroatoms. The Hall–Kier alpha value is -1.57. The van der Waals surface area contributed by atoms with Crippen molar-refractivity contribution >= 4 is 5.91 Å². The Morgan fingerprint density at radius 1 is 1.22 bits per heavy atom. The van der Waals surface area contributed by atoms with E-state index in [9.17, 15) is 4.79 Å². The molecule has 0 heterocycles. The quantitative estimate of drug-likeness (QED) is 0.844. The van der Waals surface area contributed by atoms with Gasteiger partial charge in [0.25, 0.3) is 0 Å². The van der Waals surface area contributed by atoms with E-state index in [4.69, 9.17) is 5.73 Å². The summed E-state index contributed by atoms with van der Waals surface area (Å²) in [5, 5.41) is 0. The van der Waals surface area contributed by atoms with Gasteiger partial charge in [0.05, 0.1) is 5.41 Å². The first-order valence-corrected chi connectivity index (χ1v) is 9.12. The molecule has 4 aliphatic rings. The van der Waals surface area contributed by atoms with E-state index in [0.29, 0.717) is 17.3 Å². The zero-order valence-corrected chi connectivity index (χ0v) is 13.8. The summed E-state index contributed by atoms with van der Waals surface area (Å²) in [4.78, 5) is 12.5. The second-order valence-corrected chi connectivity index (χ2v) is 8.58. The first kappa shape index (κ1) is 13.8. The van der Waals surface area contributed by atoms with Crippen LogP contribution >= 0.6 is 0 Å². The van der Waals surface area contributed by atoms with Crippen LogP contribution in [0.15, 0.2) is 42.0 Å². The minimum Gasteiger partial charge on any atom is -0.369 e. The smallest absolute Gasteiger partial charge is 0.223 e. The van der Waals surface area contributed by atoms with Gasteiger partial charge in [-0.1, -0.05) is 48.9 Å². The Morgan fingerprint density at radius 2 is 2.00 bits per heavy atom. The first-order valence-electron chi connectivity index (χ1n) is 9.12. The summed E-state index contributed by atoms with van der Waals surface area (Å²) in [6, 6.07) is 11.0. The number of rotatable bonds is 3. The topological polar surface area (TPSA) is 43.1 Å². The van der Waals surface area contributed by atoms with E-state index in [-0.39, 0.29) is 16.7 Å². The molecule has 5 atom stereocenters. The standard InChI is InChI=1S/C21H25NO/c1-2-6-16-14-9-19(18(22)23)12-20(15-7-4-3-5-8-15)11-17(16)21(20,10-14)13-19/h3-8,14,17H,2,9-13H2,1H3,(H2,22,23)/b16-6-. The lowest BCUT2D eigenvalue weighted by molar-refractivity contribution is -0.129. The van der Waals surface area contributed by atoms with Crippen molar-refractivity contribution in [1.82, 2.24) is 0 Å². The van der Waals surface area contributed by atoms with Crippen molar-refractivity contribution < 1.29 is 4.79 Å². The predicted octanol–water partition coefficient (Wildman–Crippen LogP) is 3.96. The molecule has 0 aromatic heterocycles. The van der Waals surface area contributed by atoms with Gasteiger partial charge in [-0.2, -0.15) is 0 Å². The van der Waals surface area contributed by atoms with E-state index >= 15 is 0 Å². The molecule has 4 fully saturated rings. The third-order valence-corrected chi connectivity index (χ3v) is 7.88. The first-order chi connectivity index (χ1) is 11.1. The highest BCUT2D eigenvalue weighted by atomic mass is 16.1. The van der Waals surface area contributed by atoms with Gasteiger partial charge in [-0.05, 0) is 61.3 Å². The summed E-state index contributed by atoms with van der Waals surface area (Å²) in [5.41, 5.74) is 9.35. The van der Waals surface area contributed by atoms with Crippen molar-refractivity contribution in [3.8, 4) is 0 Å². The average Bonchev–Trinajstić information content (AvgIpc) is 2.82. The average molecular weight is 307 g/mol. The van der Waals surface area contributed by atoms with Gasteiger partial charge in [0.1, 0.15) is 0 Å². The van der Waals surface area contributed by atoms with Gasteiger partial charge in [0.15, 0.2) is 0 Å². The second-order valence-electron chi connectivity index (χ2n) is 8.58. The van der Waals surface area contributed by atoms with Crippen LogP contribution in [0.3, 0.4) is 0 Å². The number of nitrogens with two attached hydrogens (primary N) is 1. The molecule has 5 unspecified atom stereocenters. The molecular weight excluding hydrogens is 282 g/mol. The van der Waals surface area contributed by atoms with E-state index in [1.54, 1.807) is 5.57 Å². The van der Waals surface area contributed by atoms with Gasteiger partial charge in [-0.25, -0.2) is 0 Å². The Morgan fingerprint density at radius 3 is 2.70 bits per heavy atom. The fourth-order valence-electron chi connectivity index (χ4n) is 7.31. The maximum absolute atomic E-state index is 12.5. The Bertz CT molecular complexity index is 723. The molecule has 0 aliphatic heterocycles. The van der Waals surface area contributed by atoms with Crippen LogP contribution in [0.5, 0.6) is 0 Å². The molecule has 1 aromatic carbocycles. The van der Waals surface area contributed by atoms with Crippen molar-refractivity contribution in [1.29, 1.82) is 0 Å². The summed E-state index contributed by atoms with van der Waals surface area (Å²) in [6.07, 6.45) is 9.12. The summed E-state index contributed by atoms with van der Waals surface area (Å²) >= 11 is 0. The van der Waals surface area contributed by atoms with E-state index < -0.39 is 0 Å². The van der Waals surface area contributed by atoms with Crippen LogP contribution < -0.4 is 5.73 Å². The number of carbonyl (C=O) groups is 1. The van der Waals surface area contributed by atoms with Gasteiger partial charge in [-0.3, -0.25) is 4.79 Å². The molecule has 2 nitrogen and oxygen atoms in total. The highest BCUT2D eigenvalue weighted by Crippen LogP contribution is 2.85. The molecular formula is C21H25NO. The Kier molecular flexibility index (Phi) is 2.46. The van der Waals surface area contributed by atoms with Gasteiger partial charge in [-0.15, -0.1) is 0 Å². The van der Waals surface area contributed by atoms with Crippen molar-refractivity contribution in [2.45, 2.75) is 50.9 Å². The lowest BCUT2D eigenvalue weighted by Gasteiger charge is -2.59. The monoisotopic (exact) mass is 307 g/mol. The number of allylic oxidation sites excluding steroid dienone is 2. The molecule has 0 saturated heterocycles. The summed E-state index contributed by atoms with van der Waals surface area (Å²) in [7, 11) is 0. The molecule has 4 aliphatic carbocycles. The van der Waals surface area contributed by atoms with Crippen LogP contribution in [0.4, 0.5) is 0 Å². The van der Waals surface area contributed by atoms with Gasteiger partial charge >= 0.3 is 0 Å². The van der Waals surface area contributed by atoms with Crippen LogP contribution in [0.1, 0.15) is 51.0 Å². The SMILES string of the molecule is CC/C=C1/C2CC3(C(N)=O)CC4(c5ccccc5)CC1C4(C2)C3. The molecule has 23 heavy (non-hydrogen) atoms. The highest BCUT2D eigenvalue weighted by molar-refractivity contribution is 5.83. The number of benzene rings is 1. The minimum atomic E-state index is -0.253. The van der Waals surface area contributed by atoms with Crippen molar-refractivity contribution in [3.05, 3.63) is 47.5 Å². The maximum Gasteiger partial charge on any atom is 0.223 e. The van der Waals surface area contributed by atoms with Crippen LogP contribution in [0, 0.1) is 22.7 Å². The third kappa shape index (κ3) is 1.36. The van der Waals surface area contributed by atoms with Crippen molar-refractivity contribution in [2.75, 3.05) is 0 Å². The third-order valence-electron chi connectivity index (χ3n) is 7.88. The molecule has 2 N–H and O–H groups in total. The molecule has 3 bridgehead atoms. The summed E-state index contributed by atoms with van der Waals surface area (Å²) < 4.78 is 0. The zero-order valence-electron chi connectivity index (χ0n) is 13.8. The fourth-order valence-corrected chi connectivity index (χ4v) is 7.31. The maximum atomic E-state index is 12.5. The number of fused-ring (bicyclic) bond motifs is 2. The number of amides is 1. The number of primary amides is 1. The summed E-state index contributed by atoms with van der Waals surface area (Å²) in [5.74, 6) is 1.27. The van der Waals surface area contributed by atoms with Gasteiger partial charge in [0.2, 0.25) is 5.91 Å². The van der Waals surface area contributed by atoms with E-state index in [1.165, 1.54) is 18.4 Å².